The van der Waals surface area contributed by atoms with Crippen molar-refractivity contribution in [1.29, 1.82) is 0 Å². The van der Waals surface area contributed by atoms with E-state index >= 15 is 0 Å². The van der Waals surface area contributed by atoms with Gasteiger partial charge in [-0.15, -0.1) is 12.3 Å². The molecule has 1 rings (SSSR count). The van der Waals surface area contributed by atoms with Gasteiger partial charge in [0.1, 0.15) is 0 Å². The van der Waals surface area contributed by atoms with Gasteiger partial charge in [0.25, 0.3) is 0 Å². The Balaban J connectivity index is 2.83. The second kappa shape index (κ2) is 8.44. The maximum absolute atomic E-state index is 5.87. The van der Waals surface area contributed by atoms with Crippen molar-refractivity contribution in [3.05, 3.63) is 23.8 Å². The molecular formula is C16H23NO2. The first kappa shape index (κ1) is 15.4. The number of nitrogens with two attached hydrogens (primary N) is 1. The van der Waals surface area contributed by atoms with Crippen molar-refractivity contribution in [1.82, 2.24) is 0 Å². The van der Waals surface area contributed by atoms with E-state index in [0.29, 0.717) is 13.2 Å². The zero-order valence-corrected chi connectivity index (χ0v) is 11.8. The third-order valence-corrected chi connectivity index (χ3v) is 2.61. The van der Waals surface area contributed by atoms with Gasteiger partial charge in [-0.1, -0.05) is 12.1 Å². The lowest BCUT2D eigenvalue weighted by Crippen LogP contribution is -2.18. The molecule has 0 spiro atoms. The van der Waals surface area contributed by atoms with Crippen LogP contribution in [0.5, 0.6) is 11.5 Å². The Labute approximate surface area is 116 Å². The predicted octanol–water partition coefficient (Wildman–Crippen LogP) is 2.77. The van der Waals surface area contributed by atoms with Crippen molar-refractivity contribution in [2.45, 2.75) is 39.2 Å². The van der Waals surface area contributed by atoms with Gasteiger partial charge in [-0.25, -0.2) is 0 Å². The zero-order valence-electron chi connectivity index (χ0n) is 11.8. The van der Waals surface area contributed by atoms with Crippen molar-refractivity contribution in [2.24, 2.45) is 5.73 Å². The van der Waals surface area contributed by atoms with Crippen LogP contribution in [0.2, 0.25) is 0 Å². The SMILES string of the molecule is C#CCCCOc1c(CC(C)N)cccc1OCC. The van der Waals surface area contributed by atoms with Crippen LogP contribution >= 0.6 is 0 Å². The van der Waals surface area contributed by atoms with Gasteiger partial charge in [0.15, 0.2) is 11.5 Å². The van der Waals surface area contributed by atoms with E-state index < -0.39 is 0 Å². The second-order valence-electron chi connectivity index (χ2n) is 4.51. The van der Waals surface area contributed by atoms with Crippen LogP contribution in [0.1, 0.15) is 32.3 Å². The van der Waals surface area contributed by atoms with Gasteiger partial charge in [0, 0.05) is 12.5 Å². The molecule has 0 saturated heterocycles. The Bertz CT molecular complexity index is 421. The highest BCUT2D eigenvalue weighted by Gasteiger charge is 2.12. The van der Waals surface area contributed by atoms with Crippen molar-refractivity contribution in [3.8, 4) is 23.8 Å². The molecule has 0 heterocycles. The van der Waals surface area contributed by atoms with Gasteiger partial charge in [0.05, 0.1) is 13.2 Å². The minimum Gasteiger partial charge on any atom is -0.490 e. The van der Waals surface area contributed by atoms with E-state index in [2.05, 4.69) is 5.92 Å². The number of terminal acetylenes is 1. The summed E-state index contributed by atoms with van der Waals surface area (Å²) in [7, 11) is 0. The van der Waals surface area contributed by atoms with E-state index in [1.807, 2.05) is 32.0 Å². The summed E-state index contributed by atoms with van der Waals surface area (Å²) >= 11 is 0. The average Bonchev–Trinajstić information content (AvgIpc) is 2.37. The third kappa shape index (κ3) is 5.23. The first-order valence-corrected chi connectivity index (χ1v) is 6.75. The first-order chi connectivity index (χ1) is 9.19. The Morgan fingerprint density at radius 2 is 2.16 bits per heavy atom. The summed E-state index contributed by atoms with van der Waals surface area (Å²) in [5, 5.41) is 0. The number of hydrogen-bond acceptors (Lipinski definition) is 3. The van der Waals surface area contributed by atoms with Gasteiger partial charge in [-0.3, -0.25) is 0 Å². The minimum absolute atomic E-state index is 0.0879. The smallest absolute Gasteiger partial charge is 0.164 e. The van der Waals surface area contributed by atoms with E-state index in [4.69, 9.17) is 21.6 Å². The predicted molar refractivity (Wildman–Crippen MR) is 78.5 cm³/mol. The summed E-state index contributed by atoms with van der Waals surface area (Å²) in [6, 6.07) is 6.01. The van der Waals surface area contributed by atoms with Crippen LogP contribution in [0.3, 0.4) is 0 Å². The van der Waals surface area contributed by atoms with E-state index in [9.17, 15) is 0 Å². The second-order valence-corrected chi connectivity index (χ2v) is 4.51. The highest BCUT2D eigenvalue weighted by atomic mass is 16.5. The first-order valence-electron chi connectivity index (χ1n) is 6.75. The van der Waals surface area contributed by atoms with Gasteiger partial charge in [-0.2, -0.15) is 0 Å². The van der Waals surface area contributed by atoms with Gasteiger partial charge >= 0.3 is 0 Å². The number of ether oxygens (including phenoxy) is 2. The molecule has 0 aliphatic rings. The molecule has 3 heteroatoms. The molecule has 1 aromatic rings. The van der Waals surface area contributed by atoms with Crippen molar-refractivity contribution in [3.63, 3.8) is 0 Å². The fourth-order valence-corrected chi connectivity index (χ4v) is 1.85. The van der Waals surface area contributed by atoms with Crippen molar-refractivity contribution in [2.75, 3.05) is 13.2 Å². The topological polar surface area (TPSA) is 44.5 Å². The summed E-state index contributed by atoms with van der Waals surface area (Å²) in [4.78, 5) is 0. The lowest BCUT2D eigenvalue weighted by Gasteiger charge is -2.16. The Kier molecular flexibility index (Phi) is 6.84. The Morgan fingerprint density at radius 3 is 2.79 bits per heavy atom. The molecule has 0 saturated carbocycles. The van der Waals surface area contributed by atoms with Crippen LogP contribution in [-0.2, 0) is 6.42 Å². The van der Waals surface area contributed by atoms with Crippen LogP contribution in [-0.4, -0.2) is 19.3 Å². The van der Waals surface area contributed by atoms with Gasteiger partial charge in [0.2, 0.25) is 0 Å². The number of unbranched alkanes of at least 4 members (excludes halogenated alkanes) is 1. The van der Waals surface area contributed by atoms with Crippen molar-refractivity contribution >= 4 is 0 Å². The molecule has 0 radical (unpaired) electrons. The van der Waals surface area contributed by atoms with E-state index in [-0.39, 0.29) is 6.04 Å². The molecule has 19 heavy (non-hydrogen) atoms. The molecule has 0 fully saturated rings. The molecule has 1 atom stereocenters. The number of rotatable bonds is 8. The van der Waals surface area contributed by atoms with Crippen LogP contribution < -0.4 is 15.2 Å². The summed E-state index contributed by atoms with van der Waals surface area (Å²) in [5.74, 6) is 4.19. The molecular weight excluding hydrogens is 238 g/mol. The largest absolute Gasteiger partial charge is 0.490 e. The molecule has 1 unspecified atom stereocenters. The fourth-order valence-electron chi connectivity index (χ4n) is 1.85. The molecule has 1 aromatic carbocycles. The van der Waals surface area contributed by atoms with E-state index in [1.165, 1.54) is 0 Å². The summed E-state index contributed by atoms with van der Waals surface area (Å²) in [6.07, 6.45) is 7.57. The van der Waals surface area contributed by atoms with Crippen LogP contribution in [0, 0.1) is 12.3 Å². The normalized spacial score (nSPS) is 11.7. The van der Waals surface area contributed by atoms with E-state index in [0.717, 1.165) is 36.3 Å². The highest BCUT2D eigenvalue weighted by Crippen LogP contribution is 2.32. The standard InChI is InChI=1S/C16H23NO2/c1-4-6-7-11-19-16-14(12-13(3)17)9-8-10-15(16)18-5-2/h1,8-10,13H,5-7,11-12,17H2,2-3H3. The Morgan fingerprint density at radius 1 is 1.37 bits per heavy atom. The lowest BCUT2D eigenvalue weighted by atomic mass is 10.1. The monoisotopic (exact) mass is 261 g/mol. The minimum atomic E-state index is 0.0879. The molecule has 2 N–H and O–H groups in total. The molecule has 0 amide bonds. The molecule has 3 nitrogen and oxygen atoms in total. The maximum Gasteiger partial charge on any atom is 0.164 e. The summed E-state index contributed by atoms with van der Waals surface area (Å²) in [5.41, 5.74) is 6.96. The lowest BCUT2D eigenvalue weighted by molar-refractivity contribution is 0.271. The zero-order chi connectivity index (χ0) is 14.1. The molecule has 0 aliphatic heterocycles. The molecule has 0 aliphatic carbocycles. The van der Waals surface area contributed by atoms with Crippen LogP contribution in [0.15, 0.2) is 18.2 Å². The number of hydrogen-bond donors (Lipinski definition) is 1. The van der Waals surface area contributed by atoms with E-state index in [1.54, 1.807) is 0 Å². The van der Waals surface area contributed by atoms with Gasteiger partial charge < -0.3 is 15.2 Å². The summed E-state index contributed by atoms with van der Waals surface area (Å²) in [6.45, 7) is 5.15. The third-order valence-electron chi connectivity index (χ3n) is 2.61. The quantitative estimate of drug-likeness (QED) is 0.578. The molecule has 104 valence electrons. The maximum atomic E-state index is 5.87. The molecule has 0 bridgehead atoms. The van der Waals surface area contributed by atoms with Crippen LogP contribution in [0.25, 0.3) is 0 Å². The summed E-state index contributed by atoms with van der Waals surface area (Å²) < 4.78 is 11.5. The number of benzene rings is 1. The average molecular weight is 261 g/mol. The van der Waals surface area contributed by atoms with Crippen LogP contribution in [0.4, 0.5) is 0 Å². The Hall–Kier alpha value is -1.66. The number of para-hydroxylation sites is 1. The van der Waals surface area contributed by atoms with Gasteiger partial charge in [-0.05, 0) is 38.3 Å². The van der Waals surface area contributed by atoms with Crippen molar-refractivity contribution < 1.29 is 9.47 Å². The highest BCUT2D eigenvalue weighted by molar-refractivity contribution is 5.47. The molecule has 0 aromatic heterocycles. The fraction of sp³-hybridized carbons (Fsp3) is 0.500.